The number of pyridine rings is 1. The van der Waals surface area contributed by atoms with E-state index < -0.39 is 9.84 Å². The number of nitrogens with zero attached hydrogens (tertiary/aromatic N) is 4. The second kappa shape index (κ2) is 6.49. The SMILES string of the molecule is CN(c1cc(NCc2ccccn2)ncn1)C1CCS(=O)(=O)C1. The summed E-state index contributed by atoms with van der Waals surface area (Å²) in [6.07, 6.45) is 3.87. The molecule has 1 aliphatic rings. The Morgan fingerprint density at radius 2 is 2.17 bits per heavy atom. The van der Waals surface area contributed by atoms with Crippen molar-refractivity contribution in [2.45, 2.75) is 19.0 Å². The van der Waals surface area contributed by atoms with Gasteiger partial charge in [0, 0.05) is 25.4 Å². The molecule has 23 heavy (non-hydrogen) atoms. The first-order valence-electron chi connectivity index (χ1n) is 7.42. The number of aromatic nitrogens is 3. The fourth-order valence-corrected chi connectivity index (χ4v) is 4.36. The van der Waals surface area contributed by atoms with Gasteiger partial charge in [0.2, 0.25) is 0 Å². The number of hydrogen-bond acceptors (Lipinski definition) is 7. The maximum absolute atomic E-state index is 11.6. The summed E-state index contributed by atoms with van der Waals surface area (Å²) in [6.45, 7) is 0.568. The Labute approximate surface area is 135 Å². The average Bonchev–Trinajstić information content (AvgIpc) is 2.93. The van der Waals surface area contributed by atoms with Crippen LogP contribution in [0.3, 0.4) is 0 Å². The lowest BCUT2D eigenvalue weighted by Crippen LogP contribution is -2.33. The van der Waals surface area contributed by atoms with E-state index in [1.54, 1.807) is 6.20 Å². The molecule has 3 heterocycles. The molecule has 0 amide bonds. The summed E-state index contributed by atoms with van der Waals surface area (Å²) in [5, 5.41) is 3.20. The van der Waals surface area contributed by atoms with Gasteiger partial charge in [0.15, 0.2) is 9.84 Å². The van der Waals surface area contributed by atoms with Gasteiger partial charge in [-0.25, -0.2) is 18.4 Å². The van der Waals surface area contributed by atoms with Crippen LogP contribution in [-0.4, -0.2) is 48.0 Å². The minimum atomic E-state index is -2.91. The molecule has 1 atom stereocenters. The molecular weight excluding hydrogens is 314 g/mol. The Balaban J connectivity index is 1.67. The van der Waals surface area contributed by atoms with Crippen LogP contribution in [0.4, 0.5) is 11.6 Å². The maximum atomic E-state index is 11.6. The van der Waals surface area contributed by atoms with Gasteiger partial charge in [-0.2, -0.15) is 0 Å². The lowest BCUT2D eigenvalue weighted by molar-refractivity contribution is 0.600. The molecule has 0 saturated carbocycles. The third kappa shape index (κ3) is 3.95. The topological polar surface area (TPSA) is 88.1 Å². The Hall–Kier alpha value is -2.22. The first kappa shape index (κ1) is 15.7. The van der Waals surface area contributed by atoms with Crippen LogP contribution in [0.15, 0.2) is 36.8 Å². The molecule has 3 rings (SSSR count). The van der Waals surface area contributed by atoms with Crippen LogP contribution in [0.2, 0.25) is 0 Å². The highest BCUT2D eigenvalue weighted by Gasteiger charge is 2.31. The van der Waals surface area contributed by atoms with Gasteiger partial charge in [-0.05, 0) is 18.6 Å². The van der Waals surface area contributed by atoms with Gasteiger partial charge in [-0.15, -0.1) is 0 Å². The van der Waals surface area contributed by atoms with Crippen molar-refractivity contribution < 1.29 is 8.42 Å². The molecule has 7 nitrogen and oxygen atoms in total. The first-order chi connectivity index (χ1) is 11.0. The fourth-order valence-electron chi connectivity index (χ4n) is 2.59. The van der Waals surface area contributed by atoms with Gasteiger partial charge in [0.05, 0.1) is 23.7 Å². The summed E-state index contributed by atoms with van der Waals surface area (Å²) >= 11 is 0. The third-order valence-corrected chi connectivity index (χ3v) is 5.70. The molecule has 0 radical (unpaired) electrons. The Morgan fingerprint density at radius 1 is 1.30 bits per heavy atom. The van der Waals surface area contributed by atoms with Crippen LogP contribution in [0.5, 0.6) is 0 Å². The smallest absolute Gasteiger partial charge is 0.152 e. The number of nitrogens with one attached hydrogen (secondary N) is 1. The zero-order valence-electron chi connectivity index (χ0n) is 12.9. The van der Waals surface area contributed by atoms with Crippen LogP contribution in [0.1, 0.15) is 12.1 Å². The number of sulfone groups is 1. The summed E-state index contributed by atoms with van der Waals surface area (Å²) < 4.78 is 23.2. The van der Waals surface area contributed by atoms with Crippen molar-refractivity contribution in [3.63, 3.8) is 0 Å². The van der Waals surface area contributed by atoms with Crippen molar-refractivity contribution in [1.29, 1.82) is 0 Å². The van der Waals surface area contributed by atoms with E-state index in [0.717, 1.165) is 5.69 Å². The molecule has 1 saturated heterocycles. The van der Waals surface area contributed by atoms with Gasteiger partial charge in [0.1, 0.15) is 18.0 Å². The molecule has 1 unspecified atom stereocenters. The van der Waals surface area contributed by atoms with E-state index in [2.05, 4.69) is 20.3 Å². The summed E-state index contributed by atoms with van der Waals surface area (Å²) in [5.41, 5.74) is 0.919. The summed E-state index contributed by atoms with van der Waals surface area (Å²) in [5.74, 6) is 1.83. The minimum absolute atomic E-state index is 0.0291. The molecule has 0 aliphatic carbocycles. The second-order valence-electron chi connectivity index (χ2n) is 5.60. The quantitative estimate of drug-likeness (QED) is 0.876. The molecule has 2 aromatic heterocycles. The largest absolute Gasteiger partial charge is 0.364 e. The highest BCUT2D eigenvalue weighted by molar-refractivity contribution is 7.91. The van der Waals surface area contributed by atoms with Crippen molar-refractivity contribution in [3.8, 4) is 0 Å². The van der Waals surface area contributed by atoms with Crippen molar-refractivity contribution >= 4 is 21.5 Å². The first-order valence-corrected chi connectivity index (χ1v) is 9.25. The van der Waals surface area contributed by atoms with Crippen molar-refractivity contribution in [1.82, 2.24) is 15.0 Å². The fraction of sp³-hybridized carbons (Fsp3) is 0.400. The Bertz CT molecular complexity index is 766. The zero-order valence-corrected chi connectivity index (χ0v) is 13.7. The van der Waals surface area contributed by atoms with Crippen molar-refractivity contribution in [2.24, 2.45) is 0 Å². The van der Waals surface area contributed by atoms with Crippen molar-refractivity contribution in [3.05, 3.63) is 42.5 Å². The average molecular weight is 333 g/mol. The van der Waals surface area contributed by atoms with Gasteiger partial charge >= 0.3 is 0 Å². The summed E-state index contributed by atoms with van der Waals surface area (Å²) in [7, 11) is -1.04. The van der Waals surface area contributed by atoms with E-state index >= 15 is 0 Å². The van der Waals surface area contributed by atoms with E-state index in [9.17, 15) is 8.42 Å². The summed E-state index contributed by atoms with van der Waals surface area (Å²) in [4.78, 5) is 14.6. The van der Waals surface area contributed by atoms with Gasteiger partial charge in [-0.1, -0.05) is 6.07 Å². The van der Waals surface area contributed by atoms with E-state index in [4.69, 9.17) is 0 Å². The molecule has 0 spiro atoms. The molecule has 0 bridgehead atoms. The van der Waals surface area contributed by atoms with Gasteiger partial charge in [-0.3, -0.25) is 4.98 Å². The molecule has 1 fully saturated rings. The van der Waals surface area contributed by atoms with Crippen molar-refractivity contribution in [2.75, 3.05) is 28.8 Å². The predicted molar refractivity (Wildman–Crippen MR) is 89.1 cm³/mol. The van der Waals surface area contributed by atoms with Crippen LogP contribution in [0, 0.1) is 0 Å². The maximum Gasteiger partial charge on any atom is 0.152 e. The molecule has 1 N–H and O–H groups in total. The predicted octanol–water partition coefficient (Wildman–Crippen LogP) is 1.11. The lowest BCUT2D eigenvalue weighted by Gasteiger charge is -2.24. The van der Waals surface area contributed by atoms with Crippen LogP contribution >= 0.6 is 0 Å². The highest BCUT2D eigenvalue weighted by atomic mass is 32.2. The van der Waals surface area contributed by atoms with Crippen LogP contribution < -0.4 is 10.2 Å². The Morgan fingerprint density at radius 3 is 2.87 bits per heavy atom. The number of hydrogen-bond donors (Lipinski definition) is 1. The molecular formula is C15H19N5O2S. The van der Waals surface area contributed by atoms with E-state index in [1.165, 1.54) is 6.33 Å². The van der Waals surface area contributed by atoms with E-state index in [1.807, 2.05) is 36.2 Å². The number of rotatable bonds is 5. The monoisotopic (exact) mass is 333 g/mol. The molecule has 2 aromatic rings. The number of anilines is 2. The second-order valence-corrected chi connectivity index (χ2v) is 7.83. The van der Waals surface area contributed by atoms with Crippen LogP contribution in [0.25, 0.3) is 0 Å². The highest BCUT2D eigenvalue weighted by Crippen LogP contribution is 2.22. The van der Waals surface area contributed by atoms with E-state index in [0.29, 0.717) is 24.6 Å². The normalized spacial score (nSPS) is 19.4. The molecule has 8 heteroatoms. The standard InChI is InChI=1S/C15H19N5O2S/c1-20(13-5-7-23(21,22)10-13)15-8-14(18-11-19-15)17-9-12-4-2-3-6-16-12/h2-4,6,8,11,13H,5,7,9-10H2,1H3,(H,17,18,19). The van der Waals surface area contributed by atoms with Gasteiger partial charge < -0.3 is 10.2 Å². The third-order valence-electron chi connectivity index (χ3n) is 3.95. The Kier molecular flexibility index (Phi) is 4.42. The molecule has 122 valence electrons. The molecule has 1 aliphatic heterocycles. The molecule has 0 aromatic carbocycles. The van der Waals surface area contributed by atoms with Crippen LogP contribution in [-0.2, 0) is 16.4 Å². The summed E-state index contributed by atoms with van der Waals surface area (Å²) in [6, 6.07) is 7.54. The van der Waals surface area contributed by atoms with E-state index in [-0.39, 0.29) is 17.5 Å². The minimum Gasteiger partial charge on any atom is -0.364 e. The van der Waals surface area contributed by atoms with Gasteiger partial charge in [0.25, 0.3) is 0 Å². The lowest BCUT2D eigenvalue weighted by atomic mass is 10.2. The zero-order chi connectivity index (χ0) is 16.3.